The highest BCUT2D eigenvalue weighted by Crippen LogP contribution is 2.19. The average molecular weight is 347 g/mol. The highest BCUT2D eigenvalue weighted by molar-refractivity contribution is 7.71. The van der Waals surface area contributed by atoms with E-state index in [1.54, 1.807) is 6.07 Å². The van der Waals surface area contributed by atoms with Gasteiger partial charge >= 0.3 is 0 Å². The van der Waals surface area contributed by atoms with Crippen LogP contribution in [0.5, 0.6) is 0 Å². The van der Waals surface area contributed by atoms with E-state index in [9.17, 15) is 4.39 Å². The fourth-order valence-corrected chi connectivity index (χ4v) is 2.43. The van der Waals surface area contributed by atoms with Gasteiger partial charge in [-0.3, -0.25) is 0 Å². The lowest BCUT2D eigenvalue weighted by Crippen LogP contribution is -1.97. The molecule has 1 heterocycles. The lowest BCUT2D eigenvalue weighted by Gasteiger charge is -2.02. The van der Waals surface area contributed by atoms with Crippen LogP contribution in [0.25, 0.3) is 11.4 Å². The third-order valence-corrected chi connectivity index (χ3v) is 3.86. The maximum Gasteiger partial charge on any atom is 0.216 e. The van der Waals surface area contributed by atoms with Crippen molar-refractivity contribution >= 4 is 30.0 Å². The summed E-state index contributed by atoms with van der Waals surface area (Å²) in [7, 11) is 0. The first-order valence-corrected chi connectivity index (χ1v) is 7.57. The summed E-state index contributed by atoms with van der Waals surface area (Å²) in [5.74, 6) is 0.0897. The molecule has 116 valence electrons. The Labute approximate surface area is 142 Å². The first-order chi connectivity index (χ1) is 11.1. The second kappa shape index (κ2) is 6.44. The monoisotopic (exact) mass is 346 g/mol. The Morgan fingerprint density at radius 3 is 2.70 bits per heavy atom. The normalized spacial score (nSPS) is 11.3. The van der Waals surface area contributed by atoms with Gasteiger partial charge in [0, 0.05) is 11.1 Å². The van der Waals surface area contributed by atoms with Crippen LogP contribution < -0.4 is 0 Å². The van der Waals surface area contributed by atoms with Crippen molar-refractivity contribution in [2.24, 2.45) is 5.10 Å². The Hall–Kier alpha value is -2.31. The average Bonchev–Trinajstić information content (AvgIpc) is 2.89. The molecule has 0 atom stereocenters. The number of H-pyrrole nitrogens is 1. The molecule has 7 heteroatoms. The van der Waals surface area contributed by atoms with Crippen LogP contribution in [0, 0.1) is 17.5 Å². The van der Waals surface area contributed by atoms with Crippen molar-refractivity contribution in [1.82, 2.24) is 14.9 Å². The molecule has 0 unspecified atom stereocenters. The van der Waals surface area contributed by atoms with Crippen molar-refractivity contribution < 1.29 is 4.39 Å². The van der Waals surface area contributed by atoms with Crippen LogP contribution in [-0.4, -0.2) is 21.1 Å². The van der Waals surface area contributed by atoms with E-state index in [-0.39, 0.29) is 10.6 Å². The van der Waals surface area contributed by atoms with Crippen molar-refractivity contribution in [2.45, 2.75) is 6.92 Å². The van der Waals surface area contributed by atoms with E-state index >= 15 is 0 Å². The molecular weight excluding hydrogens is 335 g/mol. The molecule has 0 fully saturated rings. The van der Waals surface area contributed by atoms with Crippen LogP contribution in [0.15, 0.2) is 47.6 Å². The zero-order chi connectivity index (χ0) is 16.4. The molecule has 1 aromatic heterocycles. The number of aromatic nitrogens is 3. The molecule has 3 rings (SSSR count). The van der Waals surface area contributed by atoms with Gasteiger partial charge in [-0.2, -0.15) is 14.9 Å². The predicted octanol–water partition coefficient (Wildman–Crippen LogP) is 4.59. The largest absolute Gasteiger partial charge is 0.250 e. The minimum atomic E-state index is -0.451. The number of hydrogen-bond donors (Lipinski definition) is 1. The van der Waals surface area contributed by atoms with E-state index in [1.165, 1.54) is 23.0 Å². The Morgan fingerprint density at radius 2 is 2.00 bits per heavy atom. The highest BCUT2D eigenvalue weighted by Gasteiger charge is 2.09. The SMILES string of the molecule is Cc1ccc(-c2n[nH]c(=S)n2N=Cc2c(F)cccc2Cl)cc1. The minimum Gasteiger partial charge on any atom is -0.250 e. The molecule has 0 saturated heterocycles. The number of benzene rings is 2. The molecule has 0 aliphatic carbocycles. The quantitative estimate of drug-likeness (QED) is 0.557. The van der Waals surface area contributed by atoms with E-state index in [0.29, 0.717) is 10.6 Å². The van der Waals surface area contributed by atoms with Crippen molar-refractivity contribution in [3.63, 3.8) is 0 Å². The fraction of sp³-hybridized carbons (Fsp3) is 0.0625. The number of nitrogens with zero attached hydrogens (tertiary/aromatic N) is 3. The third kappa shape index (κ3) is 3.23. The molecule has 0 amide bonds. The number of aromatic amines is 1. The van der Waals surface area contributed by atoms with E-state index in [1.807, 2.05) is 31.2 Å². The van der Waals surface area contributed by atoms with Crippen molar-refractivity contribution in [1.29, 1.82) is 0 Å². The summed E-state index contributed by atoms with van der Waals surface area (Å²) >= 11 is 11.2. The lowest BCUT2D eigenvalue weighted by molar-refractivity contribution is 0.625. The second-order valence-corrected chi connectivity index (χ2v) is 5.70. The molecule has 0 radical (unpaired) electrons. The number of rotatable bonds is 3. The van der Waals surface area contributed by atoms with Crippen LogP contribution in [-0.2, 0) is 0 Å². The Bertz CT molecular complexity index is 908. The molecule has 0 spiro atoms. The smallest absolute Gasteiger partial charge is 0.216 e. The predicted molar refractivity (Wildman–Crippen MR) is 92.0 cm³/mol. The molecule has 0 saturated carbocycles. The third-order valence-electron chi connectivity index (χ3n) is 3.26. The summed E-state index contributed by atoms with van der Waals surface area (Å²) in [5.41, 5.74) is 2.18. The molecule has 0 aliphatic rings. The van der Waals surface area contributed by atoms with Gasteiger partial charge in [0.05, 0.1) is 11.2 Å². The molecular formula is C16H12ClFN4S. The first kappa shape index (κ1) is 15.6. The summed E-state index contributed by atoms with van der Waals surface area (Å²) in [5, 5.41) is 11.4. The van der Waals surface area contributed by atoms with Crippen LogP contribution in [0.1, 0.15) is 11.1 Å². The van der Waals surface area contributed by atoms with Gasteiger partial charge in [0.2, 0.25) is 4.77 Å². The zero-order valence-electron chi connectivity index (χ0n) is 12.1. The van der Waals surface area contributed by atoms with Crippen LogP contribution >= 0.6 is 23.8 Å². The number of halogens is 2. The number of hydrogen-bond acceptors (Lipinski definition) is 3. The van der Waals surface area contributed by atoms with Gasteiger partial charge in [-0.05, 0) is 31.3 Å². The minimum absolute atomic E-state index is 0.201. The maximum absolute atomic E-state index is 13.8. The van der Waals surface area contributed by atoms with Gasteiger partial charge in [-0.15, -0.1) is 0 Å². The molecule has 4 nitrogen and oxygen atoms in total. The highest BCUT2D eigenvalue weighted by atomic mass is 35.5. The van der Waals surface area contributed by atoms with Crippen LogP contribution in [0.2, 0.25) is 5.02 Å². The van der Waals surface area contributed by atoms with E-state index in [2.05, 4.69) is 15.3 Å². The van der Waals surface area contributed by atoms with Gasteiger partial charge in [0.25, 0.3) is 0 Å². The van der Waals surface area contributed by atoms with E-state index in [4.69, 9.17) is 23.8 Å². The second-order valence-electron chi connectivity index (χ2n) is 4.91. The number of nitrogens with one attached hydrogen (secondary N) is 1. The summed E-state index contributed by atoms with van der Waals surface area (Å²) in [4.78, 5) is 0. The van der Waals surface area contributed by atoms with Gasteiger partial charge in [0.1, 0.15) is 5.82 Å². The van der Waals surface area contributed by atoms with Crippen molar-refractivity contribution in [3.05, 3.63) is 69.2 Å². The van der Waals surface area contributed by atoms with Crippen LogP contribution in [0.3, 0.4) is 0 Å². The summed E-state index contributed by atoms with van der Waals surface area (Å²) in [6.07, 6.45) is 1.33. The fourth-order valence-electron chi connectivity index (χ4n) is 2.04. The van der Waals surface area contributed by atoms with Crippen molar-refractivity contribution in [3.8, 4) is 11.4 Å². The molecule has 23 heavy (non-hydrogen) atoms. The molecule has 0 aliphatic heterocycles. The van der Waals surface area contributed by atoms with Gasteiger partial charge < -0.3 is 0 Å². The van der Waals surface area contributed by atoms with Gasteiger partial charge in [-0.1, -0.05) is 47.5 Å². The lowest BCUT2D eigenvalue weighted by atomic mass is 10.1. The van der Waals surface area contributed by atoms with Crippen LogP contribution in [0.4, 0.5) is 4.39 Å². The topological polar surface area (TPSA) is 46.0 Å². The zero-order valence-corrected chi connectivity index (χ0v) is 13.7. The maximum atomic E-state index is 13.8. The molecule has 2 aromatic carbocycles. The van der Waals surface area contributed by atoms with E-state index < -0.39 is 5.82 Å². The van der Waals surface area contributed by atoms with E-state index in [0.717, 1.165) is 11.1 Å². The Morgan fingerprint density at radius 1 is 1.26 bits per heavy atom. The standard InChI is InChI=1S/C16H12ClFN4S/c1-10-5-7-11(8-6-10)15-20-21-16(23)22(15)19-9-12-13(17)3-2-4-14(12)18/h2-9H,1H3,(H,21,23). The Balaban J connectivity index is 2.04. The molecule has 0 bridgehead atoms. The molecule has 1 N–H and O–H groups in total. The summed E-state index contributed by atoms with van der Waals surface area (Å²) < 4.78 is 15.6. The first-order valence-electron chi connectivity index (χ1n) is 6.79. The van der Waals surface area contributed by atoms with Gasteiger partial charge in [-0.25, -0.2) is 9.49 Å². The van der Waals surface area contributed by atoms with Crippen molar-refractivity contribution in [2.75, 3.05) is 0 Å². The number of aryl methyl sites for hydroxylation is 1. The summed E-state index contributed by atoms with van der Waals surface area (Å²) in [6, 6.07) is 12.2. The summed E-state index contributed by atoms with van der Waals surface area (Å²) in [6.45, 7) is 2.00. The Kier molecular flexibility index (Phi) is 4.36. The molecule has 3 aromatic rings. The van der Waals surface area contributed by atoms with Gasteiger partial charge in [0.15, 0.2) is 5.82 Å².